The first-order chi connectivity index (χ1) is 14.3. The van der Waals surface area contributed by atoms with Crippen molar-refractivity contribution in [1.82, 2.24) is 0 Å². The second-order valence-electron chi connectivity index (χ2n) is 6.77. The van der Waals surface area contributed by atoms with Crippen LogP contribution >= 0.6 is 0 Å². The fourth-order valence-corrected chi connectivity index (χ4v) is 3.95. The van der Waals surface area contributed by atoms with E-state index < -0.39 is 15.7 Å². The van der Waals surface area contributed by atoms with Gasteiger partial charge in [0, 0.05) is 11.8 Å². The summed E-state index contributed by atoms with van der Waals surface area (Å²) >= 11 is 0. The third-order valence-electron chi connectivity index (χ3n) is 4.78. The van der Waals surface area contributed by atoms with Crippen LogP contribution in [-0.2, 0) is 9.84 Å². The van der Waals surface area contributed by atoms with Crippen LogP contribution in [0.1, 0.15) is 0 Å². The Morgan fingerprint density at radius 3 is 2.13 bits per heavy atom. The highest BCUT2D eigenvalue weighted by atomic mass is 32.2. The molecule has 0 radical (unpaired) electrons. The van der Waals surface area contributed by atoms with Crippen molar-refractivity contribution >= 4 is 20.8 Å². The van der Waals surface area contributed by atoms with Gasteiger partial charge in [0.05, 0.1) is 17.6 Å². The molecule has 0 saturated heterocycles. The Balaban J connectivity index is 2.06. The molecule has 0 unspecified atom stereocenters. The maximum Gasteiger partial charge on any atom is 0.204 e. The van der Waals surface area contributed by atoms with Crippen molar-refractivity contribution < 1.29 is 22.0 Å². The van der Waals surface area contributed by atoms with E-state index in [2.05, 4.69) is 0 Å². The number of fused-ring (bicyclic) bond motifs is 1. The molecular formula is C23H17FO5S. The number of benzene rings is 3. The quantitative estimate of drug-likeness (QED) is 0.476. The first kappa shape index (κ1) is 19.8. The summed E-state index contributed by atoms with van der Waals surface area (Å²) in [5.41, 5.74) is 1.22. The van der Waals surface area contributed by atoms with Crippen molar-refractivity contribution in [2.24, 2.45) is 0 Å². The minimum Gasteiger partial charge on any atom is -0.496 e. The van der Waals surface area contributed by atoms with Gasteiger partial charge in [-0.1, -0.05) is 18.2 Å². The van der Waals surface area contributed by atoms with Gasteiger partial charge < -0.3 is 9.15 Å². The lowest BCUT2D eigenvalue weighted by molar-refractivity contribution is 0.419. The van der Waals surface area contributed by atoms with E-state index in [1.807, 2.05) is 0 Å². The van der Waals surface area contributed by atoms with E-state index in [0.29, 0.717) is 22.5 Å². The molecule has 30 heavy (non-hydrogen) atoms. The zero-order chi connectivity index (χ0) is 21.5. The van der Waals surface area contributed by atoms with Gasteiger partial charge in [0.25, 0.3) is 0 Å². The topological polar surface area (TPSA) is 73.6 Å². The highest BCUT2D eigenvalue weighted by Gasteiger charge is 2.20. The molecule has 152 valence electrons. The molecule has 1 heterocycles. The molecule has 0 aliphatic carbocycles. The summed E-state index contributed by atoms with van der Waals surface area (Å²) in [4.78, 5) is 13.6. The third kappa shape index (κ3) is 3.48. The monoisotopic (exact) mass is 424 g/mol. The number of hydrogen-bond donors (Lipinski definition) is 0. The van der Waals surface area contributed by atoms with Crippen molar-refractivity contribution in [3.8, 4) is 28.2 Å². The van der Waals surface area contributed by atoms with E-state index >= 15 is 0 Å². The predicted octanol–water partition coefficient (Wildman–Crippen LogP) is 4.68. The minimum atomic E-state index is -3.37. The van der Waals surface area contributed by atoms with E-state index in [1.165, 1.54) is 43.5 Å². The Morgan fingerprint density at radius 2 is 1.53 bits per heavy atom. The summed E-state index contributed by atoms with van der Waals surface area (Å²) in [6.07, 6.45) is 1.12. The van der Waals surface area contributed by atoms with Crippen LogP contribution in [0.3, 0.4) is 0 Å². The molecule has 0 amide bonds. The van der Waals surface area contributed by atoms with E-state index in [0.717, 1.165) is 6.26 Å². The maximum absolute atomic E-state index is 13.5. The SMILES string of the molecule is COc1cccc2oc(-c3ccc(S(C)(=O)=O)cc3)c(-c3ccc(F)cc3)c(=O)c12. The second kappa shape index (κ2) is 7.42. The maximum atomic E-state index is 13.5. The molecule has 4 rings (SSSR count). The normalized spacial score (nSPS) is 11.6. The summed E-state index contributed by atoms with van der Waals surface area (Å²) in [5.74, 6) is 0.191. The number of ether oxygens (including phenoxy) is 1. The van der Waals surface area contributed by atoms with Crippen LogP contribution in [-0.4, -0.2) is 21.8 Å². The first-order valence-electron chi connectivity index (χ1n) is 9.00. The summed E-state index contributed by atoms with van der Waals surface area (Å²) in [5, 5.41) is 0.274. The number of halogens is 1. The molecule has 5 nitrogen and oxygen atoms in total. The van der Waals surface area contributed by atoms with Gasteiger partial charge in [-0.05, 0) is 54.1 Å². The lowest BCUT2D eigenvalue weighted by Crippen LogP contribution is -2.09. The third-order valence-corrected chi connectivity index (χ3v) is 5.91. The second-order valence-corrected chi connectivity index (χ2v) is 8.79. The van der Waals surface area contributed by atoms with Gasteiger partial charge in [-0.15, -0.1) is 0 Å². The molecule has 1 aromatic heterocycles. The zero-order valence-electron chi connectivity index (χ0n) is 16.2. The number of sulfone groups is 1. The van der Waals surface area contributed by atoms with Gasteiger partial charge in [0.2, 0.25) is 5.43 Å². The van der Waals surface area contributed by atoms with Crippen LogP contribution in [0.5, 0.6) is 5.75 Å². The number of methoxy groups -OCH3 is 1. The van der Waals surface area contributed by atoms with Crippen molar-refractivity contribution in [2.45, 2.75) is 4.90 Å². The first-order valence-corrected chi connectivity index (χ1v) is 10.9. The van der Waals surface area contributed by atoms with E-state index in [4.69, 9.17) is 9.15 Å². The fraction of sp³-hybridized carbons (Fsp3) is 0.0870. The average molecular weight is 424 g/mol. The largest absolute Gasteiger partial charge is 0.496 e. The van der Waals surface area contributed by atoms with Crippen molar-refractivity contribution in [3.63, 3.8) is 0 Å². The van der Waals surface area contributed by atoms with E-state index in [-0.39, 0.29) is 27.0 Å². The number of rotatable bonds is 4. The molecular weight excluding hydrogens is 407 g/mol. The smallest absolute Gasteiger partial charge is 0.204 e. The Kier molecular flexibility index (Phi) is 4.91. The van der Waals surface area contributed by atoms with Crippen LogP contribution < -0.4 is 10.2 Å². The summed E-state index contributed by atoms with van der Waals surface area (Å²) < 4.78 is 48.5. The highest BCUT2D eigenvalue weighted by Crippen LogP contribution is 2.35. The molecule has 0 N–H and O–H groups in total. The molecule has 0 aliphatic heterocycles. The van der Waals surface area contributed by atoms with Gasteiger partial charge in [-0.3, -0.25) is 4.79 Å². The van der Waals surface area contributed by atoms with Gasteiger partial charge in [0.1, 0.15) is 28.3 Å². The Morgan fingerprint density at radius 1 is 0.900 bits per heavy atom. The molecule has 0 saturated carbocycles. The summed E-state index contributed by atoms with van der Waals surface area (Å²) in [6, 6.07) is 16.6. The van der Waals surface area contributed by atoms with Crippen LogP contribution in [0.15, 0.2) is 80.8 Å². The highest BCUT2D eigenvalue weighted by molar-refractivity contribution is 7.90. The van der Waals surface area contributed by atoms with E-state index in [9.17, 15) is 17.6 Å². The Hall–Kier alpha value is -3.45. The van der Waals surface area contributed by atoms with Gasteiger partial charge >= 0.3 is 0 Å². The molecule has 3 aromatic carbocycles. The molecule has 0 bridgehead atoms. The fourth-order valence-electron chi connectivity index (χ4n) is 3.31. The van der Waals surface area contributed by atoms with Gasteiger partial charge in [-0.25, -0.2) is 12.8 Å². The molecule has 0 aliphatic rings. The van der Waals surface area contributed by atoms with Crippen LogP contribution in [0.4, 0.5) is 4.39 Å². The van der Waals surface area contributed by atoms with Crippen LogP contribution in [0, 0.1) is 5.82 Å². The molecule has 4 aromatic rings. The predicted molar refractivity (Wildman–Crippen MR) is 113 cm³/mol. The molecule has 0 fully saturated rings. The van der Waals surface area contributed by atoms with Crippen LogP contribution in [0.25, 0.3) is 33.4 Å². The minimum absolute atomic E-state index is 0.152. The lowest BCUT2D eigenvalue weighted by atomic mass is 9.98. The Labute approximate surface area is 172 Å². The van der Waals surface area contributed by atoms with Crippen molar-refractivity contribution in [2.75, 3.05) is 13.4 Å². The Bertz CT molecular complexity index is 1400. The average Bonchev–Trinajstić information content (AvgIpc) is 2.73. The molecule has 0 spiro atoms. The zero-order valence-corrected chi connectivity index (χ0v) is 17.0. The summed E-state index contributed by atoms with van der Waals surface area (Å²) in [7, 11) is -1.91. The summed E-state index contributed by atoms with van der Waals surface area (Å²) in [6.45, 7) is 0. The lowest BCUT2D eigenvalue weighted by Gasteiger charge is -2.12. The standard InChI is InChI=1S/C23H17FO5S/c1-28-18-4-3-5-19-21(18)22(25)20(14-6-10-16(24)11-7-14)23(29-19)15-8-12-17(13-9-15)30(2,26)27/h3-13H,1-2H3. The van der Waals surface area contributed by atoms with Crippen LogP contribution in [0.2, 0.25) is 0 Å². The van der Waals surface area contributed by atoms with Crippen molar-refractivity contribution in [1.29, 1.82) is 0 Å². The van der Waals surface area contributed by atoms with Gasteiger partial charge in [-0.2, -0.15) is 0 Å². The molecule has 0 atom stereocenters. The number of hydrogen-bond acceptors (Lipinski definition) is 5. The van der Waals surface area contributed by atoms with E-state index in [1.54, 1.807) is 30.3 Å². The van der Waals surface area contributed by atoms with Crippen molar-refractivity contribution in [3.05, 3.63) is 82.8 Å². The van der Waals surface area contributed by atoms with Gasteiger partial charge in [0.15, 0.2) is 9.84 Å². The molecule has 7 heteroatoms.